The maximum atomic E-state index is 12.5. The minimum absolute atomic E-state index is 0.00434. The summed E-state index contributed by atoms with van der Waals surface area (Å²) in [6.45, 7) is 7.98. The smallest absolute Gasteiger partial charge is 0.335 e. The fraction of sp³-hybridized carbons (Fsp3) is 0.218. The van der Waals surface area contributed by atoms with Crippen LogP contribution in [-0.2, 0) is 25.7 Å². The van der Waals surface area contributed by atoms with Crippen molar-refractivity contribution in [3.63, 3.8) is 0 Å². The van der Waals surface area contributed by atoms with Gasteiger partial charge in [-0.25, -0.2) is 19.2 Å². The Morgan fingerprint density at radius 2 is 0.514 bits per heavy atom. The van der Waals surface area contributed by atoms with Gasteiger partial charge in [-0.15, -0.1) is 0 Å². The Balaban J connectivity index is 0.000000418. The quantitative estimate of drug-likeness (QED) is 0.0894. The van der Waals surface area contributed by atoms with Crippen LogP contribution in [0.2, 0.25) is 0 Å². The van der Waals surface area contributed by atoms with Gasteiger partial charge in [-0.1, -0.05) is 18.2 Å². The lowest BCUT2D eigenvalue weighted by molar-refractivity contribution is 0.0685. The van der Waals surface area contributed by atoms with Crippen molar-refractivity contribution < 1.29 is 58.6 Å². The molecule has 15 nitrogen and oxygen atoms in total. The van der Waals surface area contributed by atoms with E-state index in [1.807, 2.05) is 54.6 Å². The number of carboxylic acid groups (broad SMARTS) is 4. The first-order valence-electron chi connectivity index (χ1n) is 22.5. The maximum absolute atomic E-state index is 12.5. The third kappa shape index (κ3) is 14.7. The van der Waals surface area contributed by atoms with E-state index in [0.717, 1.165) is 0 Å². The first kappa shape index (κ1) is 52.4. The first-order valence-corrected chi connectivity index (χ1v) is 22.5. The fourth-order valence-electron chi connectivity index (χ4n) is 7.64. The van der Waals surface area contributed by atoms with Crippen LogP contribution in [0.5, 0.6) is 23.0 Å². The lowest BCUT2D eigenvalue weighted by Gasteiger charge is -2.23. The molecule has 8 bridgehead atoms. The van der Waals surface area contributed by atoms with E-state index in [1.54, 1.807) is 64.9 Å². The largest absolute Gasteiger partial charge is 0.493 e. The molecule has 1 aliphatic rings. The molecule has 4 N–H and O–H groups in total. The third-order valence-corrected chi connectivity index (χ3v) is 10.3. The molecule has 0 fully saturated rings. The summed E-state index contributed by atoms with van der Waals surface area (Å²) in [5.41, 5.74) is 3.33. The molecular formula is C55H55N3O12. The van der Waals surface area contributed by atoms with Crippen LogP contribution in [-0.4, -0.2) is 85.7 Å². The predicted octanol–water partition coefficient (Wildman–Crippen LogP) is 10.00. The summed E-state index contributed by atoms with van der Waals surface area (Å²) >= 11 is 0. The van der Waals surface area contributed by atoms with E-state index in [2.05, 4.69) is 15.0 Å². The number of pyridine rings is 3. The summed E-state index contributed by atoms with van der Waals surface area (Å²) in [6.07, 6.45) is 10.5. The standard InChI is InChI=1S/C40H40O12.3C5H5N/c1-5-49-33-21-9-23-15-30(38(43)44)17-25(34(23)50-6-2)11-27-19-32(40(47)48)20-28(36(27)52-8-4)12-26-18-31(39(45)46)16-24(35(26)51-7-3)10-22(33)14-29(13-21)37(41)42;3*1-2-4-6-5-3-1/h13-20H,5-12H2,1-4H3,(H,41,42)(H,43,44)(H,45,46)(H,47,48);3*1-5H. The number of nitrogens with zero attached hydrogens (tertiary/aromatic N) is 3. The molecule has 362 valence electrons. The molecule has 0 amide bonds. The average Bonchev–Trinajstić information content (AvgIpc) is 3.36. The zero-order valence-corrected chi connectivity index (χ0v) is 39.3. The second-order valence-electron chi connectivity index (χ2n) is 15.2. The highest BCUT2D eigenvalue weighted by molar-refractivity contribution is 5.91. The number of aromatic carboxylic acids is 4. The summed E-state index contributed by atoms with van der Waals surface area (Å²) in [5, 5.41) is 40.8. The van der Waals surface area contributed by atoms with Crippen LogP contribution in [0.4, 0.5) is 0 Å². The second-order valence-corrected chi connectivity index (χ2v) is 15.2. The Morgan fingerprint density at radius 1 is 0.343 bits per heavy atom. The number of benzene rings is 4. The zero-order valence-electron chi connectivity index (χ0n) is 39.3. The average molecular weight is 950 g/mol. The zero-order chi connectivity index (χ0) is 50.4. The Kier molecular flexibility index (Phi) is 20.0. The van der Waals surface area contributed by atoms with E-state index < -0.39 is 23.9 Å². The predicted molar refractivity (Wildman–Crippen MR) is 262 cm³/mol. The number of ether oxygens (including phenoxy) is 4. The number of hydrogen-bond donors (Lipinski definition) is 4. The molecule has 7 aromatic rings. The number of carbonyl (C=O) groups is 4. The van der Waals surface area contributed by atoms with Crippen LogP contribution < -0.4 is 18.9 Å². The highest BCUT2D eigenvalue weighted by Gasteiger charge is 2.26. The molecule has 15 heteroatoms. The molecule has 0 saturated carbocycles. The van der Waals surface area contributed by atoms with Gasteiger partial charge in [0.05, 0.1) is 48.7 Å². The van der Waals surface area contributed by atoms with Crippen molar-refractivity contribution in [1.82, 2.24) is 15.0 Å². The minimum Gasteiger partial charge on any atom is -0.493 e. The fourth-order valence-corrected chi connectivity index (χ4v) is 7.64. The number of carboxylic acids is 4. The Bertz CT molecular complexity index is 2300. The molecule has 0 spiro atoms. The summed E-state index contributed by atoms with van der Waals surface area (Å²) < 4.78 is 24.7. The lowest BCUT2D eigenvalue weighted by Crippen LogP contribution is -2.13. The first-order chi connectivity index (χ1) is 33.9. The third-order valence-electron chi connectivity index (χ3n) is 10.3. The highest BCUT2D eigenvalue weighted by atomic mass is 16.5. The molecule has 0 atom stereocenters. The molecule has 3 aromatic heterocycles. The number of hydrogen-bond acceptors (Lipinski definition) is 11. The van der Waals surface area contributed by atoms with Gasteiger partial charge in [-0.05, 0) is 157 Å². The van der Waals surface area contributed by atoms with E-state index >= 15 is 0 Å². The van der Waals surface area contributed by atoms with Crippen molar-refractivity contribution >= 4 is 23.9 Å². The van der Waals surface area contributed by atoms with Crippen LogP contribution in [0.25, 0.3) is 0 Å². The molecule has 70 heavy (non-hydrogen) atoms. The second kappa shape index (κ2) is 26.7. The van der Waals surface area contributed by atoms with Crippen molar-refractivity contribution in [1.29, 1.82) is 0 Å². The Hall–Kier alpha value is -8.59. The normalized spacial score (nSPS) is 11.0. The van der Waals surface area contributed by atoms with Gasteiger partial charge in [-0.3, -0.25) is 15.0 Å². The maximum Gasteiger partial charge on any atom is 0.335 e. The molecule has 8 rings (SSSR count). The van der Waals surface area contributed by atoms with Crippen LogP contribution in [0.3, 0.4) is 0 Å². The molecular weight excluding hydrogens is 895 g/mol. The molecule has 0 saturated heterocycles. The number of fused-ring (bicyclic) bond motifs is 8. The van der Waals surface area contributed by atoms with Crippen LogP contribution in [0.1, 0.15) is 114 Å². The lowest BCUT2D eigenvalue weighted by atomic mass is 9.88. The SMILES string of the molecule is CCOc1c2cc(C(=O)O)cc1Cc1cc(C(=O)O)cc(c1OCC)Cc1cc(C(=O)O)cc(c1OCC)Cc1cc(C(=O)O)cc(c1OCC)C2.c1ccncc1.c1ccncc1.c1ccncc1. The molecule has 0 aliphatic heterocycles. The van der Waals surface area contributed by atoms with Gasteiger partial charge < -0.3 is 39.4 Å². The Morgan fingerprint density at radius 3 is 0.614 bits per heavy atom. The van der Waals surface area contributed by atoms with E-state index in [-0.39, 0.29) is 74.4 Å². The summed E-state index contributed by atoms with van der Waals surface area (Å²) in [5.74, 6) is -3.35. The molecule has 3 heterocycles. The monoisotopic (exact) mass is 949 g/mol. The van der Waals surface area contributed by atoms with Gasteiger partial charge in [0, 0.05) is 62.9 Å². The van der Waals surface area contributed by atoms with Crippen LogP contribution in [0, 0.1) is 0 Å². The van der Waals surface area contributed by atoms with Gasteiger partial charge in [-0.2, -0.15) is 0 Å². The van der Waals surface area contributed by atoms with Gasteiger partial charge in [0.25, 0.3) is 0 Å². The molecule has 0 unspecified atom stereocenters. The van der Waals surface area contributed by atoms with Gasteiger partial charge >= 0.3 is 23.9 Å². The molecule has 4 aromatic carbocycles. The van der Waals surface area contributed by atoms with Crippen molar-refractivity contribution in [2.24, 2.45) is 0 Å². The highest BCUT2D eigenvalue weighted by Crippen LogP contribution is 2.41. The van der Waals surface area contributed by atoms with Gasteiger partial charge in [0.15, 0.2) is 0 Å². The number of rotatable bonds is 12. The number of aromatic nitrogens is 3. The van der Waals surface area contributed by atoms with Crippen LogP contribution >= 0.6 is 0 Å². The minimum atomic E-state index is -1.20. The van der Waals surface area contributed by atoms with Crippen LogP contribution in [0.15, 0.2) is 140 Å². The summed E-state index contributed by atoms with van der Waals surface area (Å²) in [6, 6.07) is 28.9. The van der Waals surface area contributed by atoms with Crippen molar-refractivity contribution in [2.45, 2.75) is 53.4 Å². The molecule has 1 aliphatic carbocycles. The topological polar surface area (TPSA) is 225 Å². The summed E-state index contributed by atoms with van der Waals surface area (Å²) in [7, 11) is 0. The van der Waals surface area contributed by atoms with E-state index in [1.165, 1.54) is 48.5 Å². The van der Waals surface area contributed by atoms with Gasteiger partial charge in [0.1, 0.15) is 23.0 Å². The van der Waals surface area contributed by atoms with Gasteiger partial charge in [0.2, 0.25) is 0 Å². The van der Waals surface area contributed by atoms with E-state index in [9.17, 15) is 39.6 Å². The van der Waals surface area contributed by atoms with Crippen molar-refractivity contribution in [3.05, 3.63) is 207 Å². The van der Waals surface area contributed by atoms with E-state index in [0.29, 0.717) is 67.5 Å². The van der Waals surface area contributed by atoms with Crippen molar-refractivity contribution in [2.75, 3.05) is 26.4 Å². The molecule has 0 radical (unpaired) electrons. The Labute approximate surface area is 406 Å². The van der Waals surface area contributed by atoms with Crippen molar-refractivity contribution in [3.8, 4) is 23.0 Å². The summed E-state index contributed by atoms with van der Waals surface area (Å²) in [4.78, 5) is 61.4. The van der Waals surface area contributed by atoms with E-state index in [4.69, 9.17) is 18.9 Å².